The van der Waals surface area contributed by atoms with Gasteiger partial charge in [0.25, 0.3) is 0 Å². The molecule has 2 aromatic rings. The molecule has 0 saturated heterocycles. The van der Waals surface area contributed by atoms with Crippen LogP contribution < -0.4 is 4.74 Å². The number of amides is 1. The standard InChI is InChI=1S/C18H22FN3O3/c1-3-25-12-16-11-21(10-15-6-7-20-22(15)16)18(23)8-13-4-5-14(19)9-17(13)24-2/h4-7,9,16H,3,8,10-12H2,1-2H3/t16-/m0/s1. The van der Waals surface area contributed by atoms with E-state index >= 15 is 0 Å². The molecule has 3 rings (SSSR count). The van der Waals surface area contributed by atoms with Crippen LogP contribution >= 0.6 is 0 Å². The molecule has 134 valence electrons. The third kappa shape index (κ3) is 3.82. The van der Waals surface area contributed by atoms with Crippen molar-refractivity contribution in [3.8, 4) is 5.75 Å². The van der Waals surface area contributed by atoms with Gasteiger partial charge < -0.3 is 14.4 Å². The lowest BCUT2D eigenvalue weighted by Crippen LogP contribution is -2.43. The molecule has 0 radical (unpaired) electrons. The molecule has 0 fully saturated rings. The third-order valence-corrected chi connectivity index (χ3v) is 4.34. The zero-order valence-electron chi connectivity index (χ0n) is 14.4. The van der Waals surface area contributed by atoms with Crippen molar-refractivity contribution in [2.24, 2.45) is 0 Å². The van der Waals surface area contributed by atoms with Crippen LogP contribution in [0.5, 0.6) is 5.75 Å². The third-order valence-electron chi connectivity index (χ3n) is 4.34. The summed E-state index contributed by atoms with van der Waals surface area (Å²) in [5, 5.41) is 4.34. The highest BCUT2D eigenvalue weighted by atomic mass is 19.1. The van der Waals surface area contributed by atoms with E-state index in [1.165, 1.54) is 19.2 Å². The van der Waals surface area contributed by atoms with Gasteiger partial charge >= 0.3 is 0 Å². The van der Waals surface area contributed by atoms with Crippen LogP contribution in [-0.4, -0.2) is 47.5 Å². The van der Waals surface area contributed by atoms with Crippen molar-refractivity contribution in [3.63, 3.8) is 0 Å². The maximum atomic E-state index is 13.3. The van der Waals surface area contributed by atoms with Crippen LogP contribution in [0.3, 0.4) is 0 Å². The highest BCUT2D eigenvalue weighted by Crippen LogP contribution is 2.24. The van der Waals surface area contributed by atoms with Gasteiger partial charge in [0.15, 0.2) is 0 Å². The molecule has 0 unspecified atom stereocenters. The van der Waals surface area contributed by atoms with Gasteiger partial charge in [-0.05, 0) is 19.1 Å². The topological polar surface area (TPSA) is 56.6 Å². The number of carbonyl (C=O) groups is 1. The van der Waals surface area contributed by atoms with E-state index < -0.39 is 0 Å². The number of hydrogen-bond donors (Lipinski definition) is 0. The highest BCUT2D eigenvalue weighted by molar-refractivity contribution is 5.79. The van der Waals surface area contributed by atoms with Crippen molar-refractivity contribution in [2.45, 2.75) is 25.9 Å². The van der Waals surface area contributed by atoms with E-state index in [0.29, 0.717) is 37.6 Å². The first kappa shape index (κ1) is 17.4. The van der Waals surface area contributed by atoms with Crippen LogP contribution in [0, 0.1) is 5.82 Å². The van der Waals surface area contributed by atoms with E-state index in [4.69, 9.17) is 9.47 Å². The Balaban J connectivity index is 1.74. The summed E-state index contributed by atoms with van der Waals surface area (Å²) in [5.41, 5.74) is 1.66. The van der Waals surface area contributed by atoms with E-state index in [1.54, 1.807) is 17.2 Å². The summed E-state index contributed by atoms with van der Waals surface area (Å²) in [6, 6.07) is 6.15. The summed E-state index contributed by atoms with van der Waals surface area (Å²) in [6.07, 6.45) is 1.91. The van der Waals surface area contributed by atoms with Crippen molar-refractivity contribution < 1.29 is 18.7 Å². The second-order valence-corrected chi connectivity index (χ2v) is 5.99. The second-order valence-electron chi connectivity index (χ2n) is 5.99. The molecule has 1 aliphatic rings. The zero-order chi connectivity index (χ0) is 17.8. The molecule has 2 heterocycles. The van der Waals surface area contributed by atoms with Crippen molar-refractivity contribution in [3.05, 3.63) is 47.5 Å². The normalized spacial score (nSPS) is 16.6. The molecule has 1 atom stereocenters. The number of carbonyl (C=O) groups excluding carboxylic acids is 1. The van der Waals surface area contributed by atoms with Gasteiger partial charge in [-0.15, -0.1) is 0 Å². The van der Waals surface area contributed by atoms with E-state index in [-0.39, 0.29) is 24.2 Å². The minimum atomic E-state index is -0.383. The largest absolute Gasteiger partial charge is 0.496 e. The van der Waals surface area contributed by atoms with Gasteiger partial charge in [-0.25, -0.2) is 4.39 Å². The molecule has 0 aliphatic carbocycles. The van der Waals surface area contributed by atoms with Crippen molar-refractivity contribution in [2.75, 3.05) is 26.9 Å². The molecular weight excluding hydrogens is 325 g/mol. The Labute approximate surface area is 146 Å². The predicted molar refractivity (Wildman–Crippen MR) is 89.8 cm³/mol. The maximum Gasteiger partial charge on any atom is 0.227 e. The van der Waals surface area contributed by atoms with Crippen LogP contribution in [0.4, 0.5) is 4.39 Å². The molecule has 0 bridgehead atoms. The van der Waals surface area contributed by atoms with Gasteiger partial charge in [0.05, 0.1) is 38.4 Å². The molecule has 7 heteroatoms. The van der Waals surface area contributed by atoms with Gasteiger partial charge in [-0.2, -0.15) is 5.10 Å². The first-order valence-electron chi connectivity index (χ1n) is 8.32. The number of fused-ring (bicyclic) bond motifs is 1. The Morgan fingerprint density at radius 2 is 2.24 bits per heavy atom. The fourth-order valence-electron chi connectivity index (χ4n) is 3.09. The summed E-state index contributed by atoms with van der Waals surface area (Å²) in [7, 11) is 1.47. The van der Waals surface area contributed by atoms with E-state index in [1.807, 2.05) is 17.7 Å². The summed E-state index contributed by atoms with van der Waals surface area (Å²) >= 11 is 0. The summed E-state index contributed by atoms with van der Waals surface area (Å²) in [5.74, 6) is -0.0215. The lowest BCUT2D eigenvalue weighted by molar-refractivity contribution is -0.133. The van der Waals surface area contributed by atoms with E-state index in [0.717, 1.165) is 5.69 Å². The van der Waals surface area contributed by atoms with Crippen LogP contribution in [0.1, 0.15) is 24.2 Å². The van der Waals surface area contributed by atoms with Crippen molar-refractivity contribution in [1.29, 1.82) is 0 Å². The predicted octanol–water partition coefficient (Wildman–Crippen LogP) is 2.19. The van der Waals surface area contributed by atoms with E-state index in [9.17, 15) is 9.18 Å². The van der Waals surface area contributed by atoms with Gasteiger partial charge in [-0.1, -0.05) is 6.07 Å². The SMILES string of the molecule is CCOC[C@@H]1CN(C(=O)Cc2ccc(F)cc2OC)Cc2ccnn21. The Morgan fingerprint density at radius 1 is 1.40 bits per heavy atom. The number of nitrogens with zero attached hydrogens (tertiary/aromatic N) is 3. The molecule has 0 N–H and O–H groups in total. The molecule has 0 spiro atoms. The van der Waals surface area contributed by atoms with Crippen LogP contribution in [-0.2, 0) is 22.5 Å². The zero-order valence-corrected chi connectivity index (χ0v) is 14.4. The van der Waals surface area contributed by atoms with Gasteiger partial charge in [0.2, 0.25) is 5.91 Å². The number of hydrogen-bond acceptors (Lipinski definition) is 4. The number of methoxy groups -OCH3 is 1. The highest BCUT2D eigenvalue weighted by Gasteiger charge is 2.28. The Kier molecular flexibility index (Phi) is 5.33. The molecule has 1 aromatic carbocycles. The number of rotatable bonds is 6. The smallest absolute Gasteiger partial charge is 0.227 e. The molecule has 6 nitrogen and oxygen atoms in total. The quantitative estimate of drug-likeness (QED) is 0.804. The van der Waals surface area contributed by atoms with Gasteiger partial charge in [0.1, 0.15) is 11.6 Å². The summed E-state index contributed by atoms with van der Waals surface area (Å²) in [6.45, 7) is 4.11. The Morgan fingerprint density at radius 3 is 3.00 bits per heavy atom. The first-order chi connectivity index (χ1) is 12.1. The van der Waals surface area contributed by atoms with Gasteiger partial charge in [-0.3, -0.25) is 9.48 Å². The first-order valence-corrected chi connectivity index (χ1v) is 8.32. The van der Waals surface area contributed by atoms with Crippen molar-refractivity contribution >= 4 is 5.91 Å². The molecule has 1 amide bonds. The fraction of sp³-hybridized carbons (Fsp3) is 0.444. The Hall–Kier alpha value is -2.41. The second kappa shape index (κ2) is 7.65. The van der Waals surface area contributed by atoms with Crippen LogP contribution in [0.25, 0.3) is 0 Å². The lowest BCUT2D eigenvalue weighted by Gasteiger charge is -2.34. The summed E-state index contributed by atoms with van der Waals surface area (Å²) in [4.78, 5) is 14.6. The average Bonchev–Trinajstić information content (AvgIpc) is 3.09. The van der Waals surface area contributed by atoms with Crippen LogP contribution in [0.15, 0.2) is 30.5 Å². The monoisotopic (exact) mass is 347 g/mol. The number of benzene rings is 1. The Bertz CT molecular complexity index is 747. The number of ether oxygens (including phenoxy) is 2. The minimum Gasteiger partial charge on any atom is -0.496 e. The maximum absolute atomic E-state index is 13.3. The van der Waals surface area contributed by atoms with Crippen molar-refractivity contribution in [1.82, 2.24) is 14.7 Å². The number of halogens is 1. The number of aromatic nitrogens is 2. The van der Waals surface area contributed by atoms with Gasteiger partial charge in [0, 0.05) is 31.0 Å². The molecule has 1 aliphatic heterocycles. The van der Waals surface area contributed by atoms with Crippen LogP contribution in [0.2, 0.25) is 0 Å². The molecule has 0 saturated carbocycles. The van der Waals surface area contributed by atoms with E-state index in [2.05, 4.69) is 5.10 Å². The molecular formula is C18H22FN3O3. The summed E-state index contributed by atoms with van der Waals surface area (Å²) < 4.78 is 26.0. The fourth-order valence-corrected chi connectivity index (χ4v) is 3.09. The minimum absolute atomic E-state index is 0.00207. The molecule has 25 heavy (non-hydrogen) atoms. The average molecular weight is 347 g/mol. The lowest BCUT2D eigenvalue weighted by atomic mass is 10.1. The molecule has 1 aromatic heterocycles.